The number of carbonyl (C=O) groups excluding carboxylic acids is 1. The van der Waals surface area contributed by atoms with Gasteiger partial charge in [0.2, 0.25) is 5.78 Å². The quantitative estimate of drug-likeness (QED) is 0.673. The Kier molecular flexibility index (Phi) is 2.71. The molecular formula is C18H13NO2. The highest BCUT2D eigenvalue weighted by atomic mass is 16.5. The molecule has 1 unspecified atom stereocenters. The van der Waals surface area contributed by atoms with Gasteiger partial charge in [-0.1, -0.05) is 36.4 Å². The highest BCUT2D eigenvalue weighted by molar-refractivity contribution is 6.09. The molecule has 2 aromatic carbocycles. The molecule has 102 valence electrons. The van der Waals surface area contributed by atoms with Crippen LogP contribution in [-0.2, 0) is 6.42 Å². The summed E-state index contributed by atoms with van der Waals surface area (Å²) in [7, 11) is 0. The SMILES string of the molecule is O=C(c1cccc2ncccc12)C1Cc2ccccc2O1. The molecule has 1 aromatic heterocycles. The molecular weight excluding hydrogens is 262 g/mol. The van der Waals surface area contributed by atoms with E-state index in [1.54, 1.807) is 6.20 Å². The van der Waals surface area contributed by atoms with E-state index in [9.17, 15) is 4.79 Å². The molecule has 0 spiro atoms. The molecule has 0 amide bonds. The summed E-state index contributed by atoms with van der Waals surface area (Å²) in [5, 5.41) is 0.879. The second-order valence-corrected chi connectivity index (χ2v) is 5.16. The minimum Gasteiger partial charge on any atom is -0.482 e. The van der Waals surface area contributed by atoms with Crippen LogP contribution in [0.15, 0.2) is 60.8 Å². The fraction of sp³-hybridized carbons (Fsp3) is 0.111. The number of pyridine rings is 1. The molecule has 1 atom stereocenters. The van der Waals surface area contributed by atoms with E-state index in [1.807, 2.05) is 54.6 Å². The van der Waals surface area contributed by atoms with E-state index in [1.165, 1.54) is 0 Å². The number of ketones is 1. The Balaban J connectivity index is 1.72. The van der Waals surface area contributed by atoms with Crippen molar-refractivity contribution in [3.63, 3.8) is 0 Å². The molecule has 2 heterocycles. The van der Waals surface area contributed by atoms with E-state index in [4.69, 9.17) is 4.74 Å². The van der Waals surface area contributed by atoms with Crippen LogP contribution >= 0.6 is 0 Å². The van der Waals surface area contributed by atoms with Crippen molar-refractivity contribution in [3.05, 3.63) is 71.9 Å². The van der Waals surface area contributed by atoms with Gasteiger partial charge in [0.1, 0.15) is 5.75 Å². The molecule has 1 aliphatic heterocycles. The van der Waals surface area contributed by atoms with Gasteiger partial charge in [-0.15, -0.1) is 0 Å². The van der Waals surface area contributed by atoms with Gasteiger partial charge in [0.15, 0.2) is 6.10 Å². The smallest absolute Gasteiger partial charge is 0.204 e. The molecule has 0 N–H and O–H groups in total. The summed E-state index contributed by atoms with van der Waals surface area (Å²) in [6, 6.07) is 17.2. The fourth-order valence-electron chi connectivity index (χ4n) is 2.82. The van der Waals surface area contributed by atoms with Crippen molar-refractivity contribution in [1.29, 1.82) is 0 Å². The molecule has 0 fully saturated rings. The van der Waals surface area contributed by atoms with E-state index >= 15 is 0 Å². The van der Waals surface area contributed by atoms with Crippen molar-refractivity contribution < 1.29 is 9.53 Å². The molecule has 0 bridgehead atoms. The second-order valence-electron chi connectivity index (χ2n) is 5.16. The molecule has 3 nitrogen and oxygen atoms in total. The Bertz CT molecular complexity index is 811. The van der Waals surface area contributed by atoms with Gasteiger partial charge in [-0.3, -0.25) is 9.78 Å². The van der Waals surface area contributed by atoms with Crippen LogP contribution in [0.25, 0.3) is 10.9 Å². The summed E-state index contributed by atoms with van der Waals surface area (Å²) in [4.78, 5) is 17.1. The lowest BCUT2D eigenvalue weighted by atomic mass is 9.98. The third kappa shape index (κ3) is 1.98. The zero-order valence-corrected chi connectivity index (χ0v) is 11.3. The maximum absolute atomic E-state index is 12.8. The van der Waals surface area contributed by atoms with Gasteiger partial charge < -0.3 is 4.74 Å². The van der Waals surface area contributed by atoms with Crippen LogP contribution in [0.4, 0.5) is 0 Å². The van der Waals surface area contributed by atoms with Gasteiger partial charge in [-0.2, -0.15) is 0 Å². The predicted molar refractivity (Wildman–Crippen MR) is 80.6 cm³/mol. The number of rotatable bonds is 2. The average Bonchev–Trinajstić information content (AvgIpc) is 2.97. The summed E-state index contributed by atoms with van der Waals surface area (Å²) >= 11 is 0. The Morgan fingerprint density at radius 1 is 1.05 bits per heavy atom. The van der Waals surface area contributed by atoms with Gasteiger partial charge in [-0.05, 0) is 23.8 Å². The number of ether oxygens (including phenoxy) is 1. The maximum Gasteiger partial charge on any atom is 0.204 e. The Hall–Kier alpha value is -2.68. The van der Waals surface area contributed by atoms with Crippen LogP contribution in [0.5, 0.6) is 5.75 Å². The molecule has 3 heteroatoms. The zero-order chi connectivity index (χ0) is 14.2. The number of aromatic nitrogens is 1. The number of benzene rings is 2. The highest BCUT2D eigenvalue weighted by Crippen LogP contribution is 2.30. The van der Waals surface area contributed by atoms with Crippen molar-refractivity contribution in [2.45, 2.75) is 12.5 Å². The third-order valence-corrected chi connectivity index (χ3v) is 3.85. The van der Waals surface area contributed by atoms with Crippen LogP contribution in [0, 0.1) is 0 Å². The first kappa shape index (κ1) is 12.1. The Labute approximate surface area is 122 Å². The first-order valence-electron chi connectivity index (χ1n) is 6.95. The van der Waals surface area contributed by atoms with Crippen LogP contribution in [-0.4, -0.2) is 16.9 Å². The van der Waals surface area contributed by atoms with Crippen molar-refractivity contribution >= 4 is 16.7 Å². The number of carbonyl (C=O) groups is 1. The van der Waals surface area contributed by atoms with Crippen molar-refractivity contribution in [1.82, 2.24) is 4.98 Å². The van der Waals surface area contributed by atoms with E-state index in [0.29, 0.717) is 12.0 Å². The van der Waals surface area contributed by atoms with Gasteiger partial charge in [0.25, 0.3) is 0 Å². The summed E-state index contributed by atoms with van der Waals surface area (Å²) in [6.45, 7) is 0. The van der Waals surface area contributed by atoms with Gasteiger partial charge >= 0.3 is 0 Å². The number of fused-ring (bicyclic) bond motifs is 2. The van der Waals surface area contributed by atoms with Crippen LogP contribution in [0.2, 0.25) is 0 Å². The second kappa shape index (κ2) is 4.70. The first-order chi connectivity index (χ1) is 10.3. The standard InChI is InChI=1S/C18H13NO2/c20-18(17-11-12-5-1-2-9-16(12)21-17)14-6-3-8-15-13(14)7-4-10-19-15/h1-10,17H,11H2. The summed E-state index contributed by atoms with van der Waals surface area (Å²) in [5.74, 6) is 0.832. The van der Waals surface area contributed by atoms with Crippen molar-refractivity contribution in [2.24, 2.45) is 0 Å². The largest absolute Gasteiger partial charge is 0.482 e. The molecule has 0 radical (unpaired) electrons. The third-order valence-electron chi connectivity index (χ3n) is 3.85. The molecule has 0 saturated carbocycles. The molecule has 0 saturated heterocycles. The summed E-state index contributed by atoms with van der Waals surface area (Å²) in [6.07, 6.45) is 1.93. The number of hydrogen-bond donors (Lipinski definition) is 0. The molecule has 0 aliphatic carbocycles. The highest BCUT2D eigenvalue weighted by Gasteiger charge is 2.30. The number of hydrogen-bond acceptors (Lipinski definition) is 3. The summed E-state index contributed by atoms with van der Waals surface area (Å²) in [5.41, 5.74) is 2.60. The van der Waals surface area contributed by atoms with Crippen LogP contribution in [0.1, 0.15) is 15.9 Å². The first-order valence-corrected chi connectivity index (χ1v) is 6.95. The molecule has 3 aromatic rings. The Morgan fingerprint density at radius 2 is 1.95 bits per heavy atom. The van der Waals surface area contributed by atoms with Crippen LogP contribution < -0.4 is 4.74 Å². The van der Waals surface area contributed by atoms with Crippen LogP contribution in [0.3, 0.4) is 0 Å². The van der Waals surface area contributed by atoms with E-state index in [-0.39, 0.29) is 5.78 Å². The number of Topliss-reactive ketones (excluding diaryl/α,β-unsaturated/α-hetero) is 1. The van der Waals surface area contributed by atoms with Gasteiger partial charge in [-0.25, -0.2) is 0 Å². The lowest BCUT2D eigenvalue weighted by molar-refractivity contribution is 0.0826. The molecule has 1 aliphatic rings. The number of para-hydroxylation sites is 1. The normalized spacial score (nSPS) is 16.5. The zero-order valence-electron chi connectivity index (χ0n) is 11.3. The van der Waals surface area contributed by atoms with Crippen molar-refractivity contribution in [2.75, 3.05) is 0 Å². The molecule has 21 heavy (non-hydrogen) atoms. The minimum absolute atomic E-state index is 0.0183. The predicted octanol–water partition coefficient (Wildman–Crippen LogP) is 3.42. The van der Waals surface area contributed by atoms with Crippen molar-refractivity contribution in [3.8, 4) is 5.75 Å². The van der Waals surface area contributed by atoms with Gasteiger partial charge in [0, 0.05) is 23.6 Å². The van der Waals surface area contributed by atoms with E-state index in [0.717, 1.165) is 22.2 Å². The monoisotopic (exact) mass is 275 g/mol. The fourth-order valence-corrected chi connectivity index (χ4v) is 2.82. The topological polar surface area (TPSA) is 39.2 Å². The van der Waals surface area contributed by atoms with E-state index in [2.05, 4.69) is 4.98 Å². The maximum atomic E-state index is 12.8. The average molecular weight is 275 g/mol. The lowest BCUT2D eigenvalue weighted by Gasteiger charge is -2.11. The summed E-state index contributed by atoms with van der Waals surface area (Å²) < 4.78 is 5.80. The Morgan fingerprint density at radius 3 is 2.86 bits per heavy atom. The lowest BCUT2D eigenvalue weighted by Crippen LogP contribution is -2.25. The minimum atomic E-state index is -0.437. The van der Waals surface area contributed by atoms with Gasteiger partial charge in [0.05, 0.1) is 5.52 Å². The van der Waals surface area contributed by atoms with E-state index < -0.39 is 6.10 Å². The molecule has 4 rings (SSSR count). The number of nitrogens with zero attached hydrogens (tertiary/aromatic N) is 1.